The molecule has 0 aliphatic heterocycles. The first-order chi connectivity index (χ1) is 8.85. The summed E-state index contributed by atoms with van der Waals surface area (Å²) in [5.41, 5.74) is 11.5. The second-order valence-corrected chi connectivity index (χ2v) is 6.46. The molecule has 0 spiro atoms. The van der Waals surface area contributed by atoms with Crippen molar-refractivity contribution in [3.05, 3.63) is 46.4 Å². The molecule has 0 bridgehead atoms. The molecule has 2 rings (SSSR count). The van der Waals surface area contributed by atoms with E-state index in [1.165, 1.54) is 30.3 Å². The molecule has 0 radical (unpaired) electrons. The molecule has 100 valence electrons. The van der Waals surface area contributed by atoms with E-state index in [1.54, 1.807) is 6.07 Å². The average molecular weight is 317 g/mol. The van der Waals surface area contributed by atoms with Gasteiger partial charge in [0.15, 0.2) is 0 Å². The van der Waals surface area contributed by atoms with Crippen LogP contribution in [0.25, 0.3) is 0 Å². The van der Waals surface area contributed by atoms with Gasteiger partial charge in [-0.15, -0.1) is 0 Å². The Morgan fingerprint density at radius 2 is 1.42 bits per heavy atom. The molecule has 0 unspecified atom stereocenters. The van der Waals surface area contributed by atoms with Crippen LogP contribution in [0.5, 0.6) is 0 Å². The lowest BCUT2D eigenvalue weighted by atomic mass is 10.3. The van der Waals surface area contributed by atoms with E-state index in [-0.39, 0.29) is 31.2 Å². The van der Waals surface area contributed by atoms with E-state index in [0.29, 0.717) is 0 Å². The van der Waals surface area contributed by atoms with Gasteiger partial charge in [-0.25, -0.2) is 8.42 Å². The van der Waals surface area contributed by atoms with E-state index in [9.17, 15) is 8.42 Å². The lowest BCUT2D eigenvalue weighted by Crippen LogP contribution is -2.09. The van der Waals surface area contributed by atoms with Crippen LogP contribution in [0.2, 0.25) is 10.0 Å². The summed E-state index contributed by atoms with van der Waals surface area (Å²) in [6.45, 7) is 0. The zero-order valence-corrected chi connectivity index (χ0v) is 11.9. The van der Waals surface area contributed by atoms with Crippen molar-refractivity contribution >= 4 is 44.4 Å². The first-order valence-electron chi connectivity index (χ1n) is 5.18. The van der Waals surface area contributed by atoms with Crippen LogP contribution >= 0.6 is 23.2 Å². The highest BCUT2D eigenvalue weighted by Gasteiger charge is 2.26. The number of sulfone groups is 1. The van der Waals surface area contributed by atoms with E-state index >= 15 is 0 Å². The number of anilines is 2. The molecule has 0 aliphatic carbocycles. The summed E-state index contributed by atoms with van der Waals surface area (Å²) in [6, 6.07) is 8.85. The van der Waals surface area contributed by atoms with Crippen LogP contribution in [0.4, 0.5) is 11.4 Å². The Morgan fingerprint density at radius 1 is 0.895 bits per heavy atom. The normalized spacial score (nSPS) is 11.5. The van der Waals surface area contributed by atoms with E-state index in [2.05, 4.69) is 0 Å². The third-order valence-electron chi connectivity index (χ3n) is 2.55. The van der Waals surface area contributed by atoms with Gasteiger partial charge < -0.3 is 11.5 Å². The monoisotopic (exact) mass is 316 g/mol. The van der Waals surface area contributed by atoms with Crippen molar-refractivity contribution in [3.8, 4) is 0 Å². The molecule has 0 heterocycles. The van der Waals surface area contributed by atoms with Gasteiger partial charge in [0.1, 0.15) is 4.90 Å². The van der Waals surface area contributed by atoms with Crippen molar-refractivity contribution in [2.24, 2.45) is 0 Å². The predicted octanol–water partition coefficient (Wildman–Crippen LogP) is 2.99. The molecular formula is C12H10Cl2N2O2S. The van der Waals surface area contributed by atoms with Gasteiger partial charge in [0.25, 0.3) is 0 Å². The molecule has 2 aromatic rings. The summed E-state index contributed by atoms with van der Waals surface area (Å²) in [5, 5.41) is 0.0997. The molecular weight excluding hydrogens is 307 g/mol. The first kappa shape index (κ1) is 14.0. The van der Waals surface area contributed by atoms with Crippen molar-refractivity contribution in [2.75, 3.05) is 11.5 Å². The fourth-order valence-corrected chi connectivity index (χ4v) is 3.93. The van der Waals surface area contributed by atoms with E-state index in [0.717, 1.165) is 0 Å². The van der Waals surface area contributed by atoms with Crippen LogP contribution in [0.3, 0.4) is 0 Å². The molecule has 0 saturated heterocycles. The van der Waals surface area contributed by atoms with Gasteiger partial charge in [-0.05, 0) is 24.3 Å². The number of rotatable bonds is 2. The van der Waals surface area contributed by atoms with E-state index < -0.39 is 9.84 Å². The summed E-state index contributed by atoms with van der Waals surface area (Å²) < 4.78 is 25.1. The summed E-state index contributed by atoms with van der Waals surface area (Å²) >= 11 is 11.8. The first-order valence-corrected chi connectivity index (χ1v) is 7.42. The molecule has 0 amide bonds. The molecule has 2 aromatic carbocycles. The Bertz CT molecular complexity index is 725. The van der Waals surface area contributed by atoms with Gasteiger partial charge in [-0.1, -0.05) is 35.3 Å². The second-order valence-electron chi connectivity index (χ2n) is 3.82. The van der Waals surface area contributed by atoms with Crippen molar-refractivity contribution in [2.45, 2.75) is 9.79 Å². The molecule has 7 heteroatoms. The van der Waals surface area contributed by atoms with Crippen molar-refractivity contribution in [3.63, 3.8) is 0 Å². The summed E-state index contributed by atoms with van der Waals surface area (Å²) in [6.07, 6.45) is 0. The van der Waals surface area contributed by atoms with Gasteiger partial charge in [0.2, 0.25) is 9.84 Å². The number of nitrogen functional groups attached to an aromatic ring is 2. The van der Waals surface area contributed by atoms with Crippen LogP contribution in [0, 0.1) is 0 Å². The van der Waals surface area contributed by atoms with Crippen molar-refractivity contribution in [1.82, 2.24) is 0 Å². The largest absolute Gasteiger partial charge is 0.398 e. The average Bonchev–Trinajstić information content (AvgIpc) is 2.32. The third-order valence-corrected chi connectivity index (χ3v) is 5.41. The van der Waals surface area contributed by atoms with Gasteiger partial charge in [0, 0.05) is 0 Å². The van der Waals surface area contributed by atoms with E-state index in [4.69, 9.17) is 34.7 Å². The van der Waals surface area contributed by atoms with Crippen LogP contribution in [0.15, 0.2) is 46.2 Å². The predicted molar refractivity (Wildman–Crippen MR) is 77.2 cm³/mol. The van der Waals surface area contributed by atoms with Crippen molar-refractivity contribution < 1.29 is 8.42 Å². The van der Waals surface area contributed by atoms with Crippen LogP contribution in [-0.4, -0.2) is 8.42 Å². The minimum Gasteiger partial charge on any atom is -0.398 e. The van der Waals surface area contributed by atoms with Gasteiger partial charge in [-0.3, -0.25) is 0 Å². The van der Waals surface area contributed by atoms with Crippen LogP contribution < -0.4 is 11.5 Å². The van der Waals surface area contributed by atoms with Gasteiger partial charge >= 0.3 is 0 Å². The highest BCUT2D eigenvalue weighted by molar-refractivity contribution is 7.92. The highest BCUT2D eigenvalue weighted by Crippen LogP contribution is 2.36. The number of hydrogen-bond acceptors (Lipinski definition) is 4. The Balaban J connectivity index is 2.77. The minimum absolute atomic E-state index is 0.0492. The Labute approximate surface area is 120 Å². The summed E-state index contributed by atoms with van der Waals surface area (Å²) in [5.74, 6) is 0. The summed E-state index contributed by atoms with van der Waals surface area (Å²) in [4.78, 5) is -0.273. The molecule has 0 aromatic heterocycles. The Hall–Kier alpha value is -1.43. The quantitative estimate of drug-likeness (QED) is 0.834. The summed E-state index contributed by atoms with van der Waals surface area (Å²) in [7, 11) is -3.92. The number of nitrogens with two attached hydrogens (primary N) is 2. The number of hydrogen-bond donors (Lipinski definition) is 2. The Morgan fingerprint density at radius 3 is 2.00 bits per heavy atom. The molecule has 4 nitrogen and oxygen atoms in total. The molecule has 0 atom stereocenters. The molecule has 0 saturated carbocycles. The molecule has 0 fully saturated rings. The van der Waals surface area contributed by atoms with Crippen molar-refractivity contribution in [1.29, 1.82) is 0 Å². The van der Waals surface area contributed by atoms with Gasteiger partial charge in [0.05, 0.1) is 26.3 Å². The standard InChI is InChI=1S/C12H10Cl2N2O2S/c13-7-3-1-6-10(11(7)14)19(17,18)12-8(15)4-2-5-9(12)16/h1-6H,15-16H2. The lowest BCUT2D eigenvalue weighted by molar-refractivity contribution is 0.597. The van der Waals surface area contributed by atoms with E-state index in [1.807, 2.05) is 0 Å². The van der Waals surface area contributed by atoms with Crippen LogP contribution in [0.1, 0.15) is 0 Å². The Kier molecular flexibility index (Phi) is 3.62. The SMILES string of the molecule is Nc1cccc(N)c1S(=O)(=O)c1cccc(Cl)c1Cl. The number of benzene rings is 2. The smallest absolute Gasteiger partial charge is 0.212 e. The maximum absolute atomic E-state index is 12.5. The fourth-order valence-electron chi connectivity index (χ4n) is 1.69. The molecule has 4 N–H and O–H groups in total. The lowest BCUT2D eigenvalue weighted by Gasteiger charge is -2.11. The topological polar surface area (TPSA) is 86.2 Å². The maximum atomic E-state index is 12.5. The fraction of sp³-hybridized carbons (Fsp3) is 0. The minimum atomic E-state index is -3.92. The van der Waals surface area contributed by atoms with Crippen LogP contribution in [-0.2, 0) is 9.84 Å². The molecule has 0 aliphatic rings. The maximum Gasteiger partial charge on any atom is 0.212 e. The second kappa shape index (κ2) is 4.92. The third kappa shape index (κ3) is 2.36. The number of halogens is 2. The van der Waals surface area contributed by atoms with Gasteiger partial charge in [-0.2, -0.15) is 0 Å². The zero-order chi connectivity index (χ0) is 14.2. The zero-order valence-electron chi connectivity index (χ0n) is 9.60. The highest BCUT2D eigenvalue weighted by atomic mass is 35.5. The molecule has 19 heavy (non-hydrogen) atoms.